The minimum Gasteiger partial charge on any atom is -0.546 e. The molecule has 28 heavy (non-hydrogen) atoms. The number of benzene rings is 2. The maximum Gasteiger partial charge on any atom is 0.282 e. The number of rotatable bonds is 7. The summed E-state index contributed by atoms with van der Waals surface area (Å²) in [5.74, 6) is -1.31. The second-order valence-electron chi connectivity index (χ2n) is 5.93. The van der Waals surface area contributed by atoms with Crippen molar-refractivity contribution in [1.29, 1.82) is 0 Å². The minimum atomic E-state index is -1.32. The van der Waals surface area contributed by atoms with Crippen molar-refractivity contribution in [2.24, 2.45) is 5.10 Å². The van der Waals surface area contributed by atoms with Crippen LogP contribution < -0.4 is 15.3 Å². The lowest BCUT2D eigenvalue weighted by atomic mass is 10.1. The van der Waals surface area contributed by atoms with Crippen LogP contribution in [-0.4, -0.2) is 24.7 Å². The van der Waals surface area contributed by atoms with Crippen molar-refractivity contribution in [3.05, 3.63) is 76.0 Å². The first kappa shape index (κ1) is 19.3. The molecular weight excluding hydrogens is 376 g/mol. The van der Waals surface area contributed by atoms with E-state index in [1.165, 1.54) is 17.6 Å². The van der Waals surface area contributed by atoms with Gasteiger partial charge in [-0.15, -0.1) is 11.3 Å². The number of amides is 1. The zero-order valence-electron chi connectivity index (χ0n) is 15.0. The molecule has 0 saturated heterocycles. The van der Waals surface area contributed by atoms with Crippen LogP contribution >= 0.6 is 11.3 Å². The topological polar surface area (TPSA) is 90.8 Å². The summed E-state index contributed by atoms with van der Waals surface area (Å²) in [6.45, 7) is 1.45. The van der Waals surface area contributed by atoms with Crippen LogP contribution in [0.1, 0.15) is 20.8 Å². The average molecular weight is 393 g/mol. The molecule has 0 radical (unpaired) electrons. The van der Waals surface area contributed by atoms with Gasteiger partial charge in [0.05, 0.1) is 12.2 Å². The van der Waals surface area contributed by atoms with E-state index < -0.39 is 12.6 Å². The Bertz CT molecular complexity index is 1010. The molecule has 0 bridgehead atoms. The fraction of sp³-hybridized carbons (Fsp3) is 0.0952. The second-order valence-corrected chi connectivity index (χ2v) is 6.84. The number of aryl methyl sites for hydroxylation is 1. The van der Waals surface area contributed by atoms with E-state index in [1.54, 1.807) is 24.3 Å². The summed E-state index contributed by atoms with van der Waals surface area (Å²) in [4.78, 5) is 23.6. The van der Waals surface area contributed by atoms with Gasteiger partial charge in [0, 0.05) is 11.1 Å². The van der Waals surface area contributed by atoms with Crippen molar-refractivity contribution >= 4 is 29.4 Å². The van der Waals surface area contributed by atoms with Crippen molar-refractivity contribution in [2.45, 2.75) is 6.92 Å². The molecule has 7 heteroatoms. The molecule has 3 aromatic rings. The monoisotopic (exact) mass is 393 g/mol. The van der Waals surface area contributed by atoms with Gasteiger partial charge < -0.3 is 14.6 Å². The van der Waals surface area contributed by atoms with Crippen LogP contribution in [0, 0.1) is 6.92 Å². The SMILES string of the molecule is Cc1ccc(-c2ccsc2C(=O)N/N=C\c2ccccc2OCC(=O)[O-])cc1. The van der Waals surface area contributed by atoms with Gasteiger partial charge in [0.2, 0.25) is 0 Å². The third-order valence-corrected chi connectivity index (χ3v) is 4.78. The van der Waals surface area contributed by atoms with Crippen LogP contribution in [0.25, 0.3) is 11.1 Å². The highest BCUT2D eigenvalue weighted by Crippen LogP contribution is 2.28. The smallest absolute Gasteiger partial charge is 0.282 e. The predicted octanol–water partition coefficient (Wildman–Crippen LogP) is 2.62. The summed E-state index contributed by atoms with van der Waals surface area (Å²) in [5, 5.41) is 16.4. The second kappa shape index (κ2) is 8.96. The summed E-state index contributed by atoms with van der Waals surface area (Å²) in [6, 6.07) is 16.6. The number of nitrogens with one attached hydrogen (secondary N) is 1. The zero-order chi connectivity index (χ0) is 19.9. The van der Waals surface area contributed by atoms with Crippen molar-refractivity contribution in [2.75, 3.05) is 6.61 Å². The Morgan fingerprint density at radius 2 is 1.89 bits per heavy atom. The molecule has 0 spiro atoms. The first-order valence-electron chi connectivity index (χ1n) is 8.44. The molecule has 0 aliphatic rings. The number of carboxylic acid groups (broad SMARTS) is 1. The van der Waals surface area contributed by atoms with Crippen molar-refractivity contribution in [1.82, 2.24) is 5.43 Å². The molecule has 142 valence electrons. The van der Waals surface area contributed by atoms with Gasteiger partial charge in [0.15, 0.2) is 0 Å². The first-order chi connectivity index (χ1) is 13.5. The Morgan fingerprint density at radius 1 is 1.14 bits per heavy atom. The van der Waals surface area contributed by atoms with E-state index in [2.05, 4.69) is 10.5 Å². The molecule has 1 aromatic heterocycles. The number of carboxylic acids is 1. The Kier molecular flexibility index (Phi) is 6.18. The standard InChI is InChI=1S/C21H18N2O4S/c1-14-6-8-15(9-7-14)17-10-11-28-20(17)21(26)23-22-12-16-4-2-3-5-18(16)27-13-19(24)25/h2-12H,13H2,1H3,(H,23,26)(H,24,25)/p-1/b22-12-. The molecule has 2 aromatic carbocycles. The van der Waals surface area contributed by atoms with Crippen molar-refractivity contribution < 1.29 is 19.4 Å². The summed E-state index contributed by atoms with van der Waals surface area (Å²) in [5.41, 5.74) is 5.99. The Labute approximate surface area is 166 Å². The number of hydrogen-bond acceptors (Lipinski definition) is 6. The number of para-hydroxylation sites is 1. The van der Waals surface area contributed by atoms with E-state index in [9.17, 15) is 14.7 Å². The van der Waals surface area contributed by atoms with Crippen LogP contribution in [0.15, 0.2) is 65.1 Å². The van der Waals surface area contributed by atoms with Gasteiger partial charge in [-0.3, -0.25) is 4.79 Å². The maximum atomic E-state index is 12.5. The normalized spacial score (nSPS) is 10.8. The van der Waals surface area contributed by atoms with E-state index in [1.807, 2.05) is 42.6 Å². The summed E-state index contributed by atoms with van der Waals surface area (Å²) >= 11 is 1.33. The van der Waals surface area contributed by atoms with E-state index in [-0.39, 0.29) is 5.91 Å². The third-order valence-electron chi connectivity index (χ3n) is 3.87. The molecule has 1 heterocycles. The number of carbonyl (C=O) groups is 2. The molecule has 0 aliphatic heterocycles. The molecular formula is C21H17N2O4S-. The van der Waals surface area contributed by atoms with Crippen LogP contribution in [0.5, 0.6) is 5.75 Å². The minimum absolute atomic E-state index is 0.324. The number of hydrazone groups is 1. The van der Waals surface area contributed by atoms with Crippen LogP contribution in [-0.2, 0) is 4.79 Å². The zero-order valence-corrected chi connectivity index (χ0v) is 15.9. The van der Waals surface area contributed by atoms with E-state index in [0.717, 1.165) is 16.7 Å². The number of ether oxygens (including phenoxy) is 1. The Morgan fingerprint density at radius 3 is 2.64 bits per heavy atom. The average Bonchev–Trinajstić information content (AvgIpc) is 3.17. The third kappa shape index (κ3) is 4.83. The van der Waals surface area contributed by atoms with Gasteiger partial charge >= 0.3 is 0 Å². The van der Waals surface area contributed by atoms with Crippen LogP contribution in [0.2, 0.25) is 0 Å². The van der Waals surface area contributed by atoms with Gasteiger partial charge in [0.25, 0.3) is 5.91 Å². The Hall–Kier alpha value is -3.45. The number of thiophene rings is 1. The number of aliphatic carboxylic acids is 1. The lowest BCUT2D eigenvalue weighted by molar-refractivity contribution is -0.307. The van der Waals surface area contributed by atoms with Crippen molar-refractivity contribution in [3.63, 3.8) is 0 Å². The number of nitrogens with zero attached hydrogens (tertiary/aromatic N) is 1. The molecule has 1 N–H and O–H groups in total. The van der Waals surface area contributed by atoms with E-state index >= 15 is 0 Å². The molecule has 3 rings (SSSR count). The Balaban J connectivity index is 1.71. The number of carbonyl (C=O) groups excluding carboxylic acids is 2. The van der Waals surface area contributed by atoms with Crippen LogP contribution in [0.3, 0.4) is 0 Å². The van der Waals surface area contributed by atoms with Gasteiger partial charge in [0.1, 0.15) is 17.2 Å². The lowest BCUT2D eigenvalue weighted by Crippen LogP contribution is -2.29. The highest BCUT2D eigenvalue weighted by atomic mass is 32.1. The molecule has 6 nitrogen and oxygen atoms in total. The molecule has 1 amide bonds. The van der Waals surface area contributed by atoms with Crippen LogP contribution in [0.4, 0.5) is 0 Å². The van der Waals surface area contributed by atoms with Crippen molar-refractivity contribution in [3.8, 4) is 16.9 Å². The first-order valence-corrected chi connectivity index (χ1v) is 9.32. The van der Waals surface area contributed by atoms with Gasteiger partial charge in [-0.25, -0.2) is 5.43 Å². The summed E-state index contributed by atoms with van der Waals surface area (Å²) in [6.07, 6.45) is 1.40. The highest BCUT2D eigenvalue weighted by Gasteiger charge is 2.14. The van der Waals surface area contributed by atoms with Gasteiger partial charge in [-0.1, -0.05) is 42.0 Å². The number of hydrogen-bond donors (Lipinski definition) is 1. The van der Waals surface area contributed by atoms with E-state index in [4.69, 9.17) is 4.74 Å². The molecule has 0 unspecified atom stereocenters. The molecule has 0 saturated carbocycles. The fourth-order valence-corrected chi connectivity index (χ4v) is 3.32. The van der Waals surface area contributed by atoms with E-state index in [0.29, 0.717) is 16.2 Å². The quantitative estimate of drug-likeness (QED) is 0.493. The molecule has 0 atom stereocenters. The maximum absolute atomic E-state index is 12.5. The molecule has 0 aliphatic carbocycles. The van der Waals surface area contributed by atoms with Gasteiger partial charge in [-0.05, 0) is 36.1 Å². The summed E-state index contributed by atoms with van der Waals surface area (Å²) in [7, 11) is 0. The fourth-order valence-electron chi connectivity index (χ4n) is 2.51. The largest absolute Gasteiger partial charge is 0.546 e. The lowest BCUT2D eigenvalue weighted by Gasteiger charge is -2.09. The predicted molar refractivity (Wildman–Crippen MR) is 106 cm³/mol. The van der Waals surface area contributed by atoms with Gasteiger partial charge in [-0.2, -0.15) is 5.10 Å². The summed E-state index contributed by atoms with van der Waals surface area (Å²) < 4.78 is 5.15. The highest BCUT2D eigenvalue weighted by molar-refractivity contribution is 7.12. The molecule has 0 fully saturated rings.